The first-order valence-electron chi connectivity index (χ1n) is 14.8. The van der Waals surface area contributed by atoms with Crippen molar-refractivity contribution in [2.45, 2.75) is 134 Å². The molecule has 184 valence electrons. The second-order valence-electron chi connectivity index (χ2n) is 12.3. The van der Waals surface area contributed by atoms with Gasteiger partial charge in [-0.2, -0.15) is 0 Å². The summed E-state index contributed by atoms with van der Waals surface area (Å²) in [5, 5.41) is 9.88. The molecule has 0 spiro atoms. The van der Waals surface area contributed by atoms with E-state index in [4.69, 9.17) is 0 Å². The van der Waals surface area contributed by atoms with E-state index in [9.17, 15) is 5.11 Å². The molecule has 0 radical (unpaired) electrons. The van der Waals surface area contributed by atoms with E-state index in [0.717, 1.165) is 36.1 Å². The van der Waals surface area contributed by atoms with E-state index in [-0.39, 0.29) is 0 Å². The third-order valence-electron chi connectivity index (χ3n) is 10.1. The first kappa shape index (κ1) is 24.6. The Balaban J connectivity index is 1.42. The Morgan fingerprint density at radius 3 is 1.72 bits per heavy atom. The van der Waals surface area contributed by atoms with E-state index in [2.05, 4.69) is 11.5 Å². The molecule has 2 nitrogen and oxygen atoms in total. The molecule has 0 amide bonds. The quantitative estimate of drug-likeness (QED) is 0.341. The van der Waals surface area contributed by atoms with E-state index >= 15 is 0 Å². The molecule has 0 aliphatic heterocycles. The molecule has 4 aliphatic carbocycles. The van der Waals surface area contributed by atoms with Crippen molar-refractivity contribution in [3.63, 3.8) is 0 Å². The largest absolute Gasteiger partial charge is 0.513 e. The average Bonchev–Trinajstić information content (AvgIpc) is 3.35. The van der Waals surface area contributed by atoms with Crippen molar-refractivity contribution in [1.82, 2.24) is 4.90 Å². The van der Waals surface area contributed by atoms with Crippen LogP contribution in [0, 0.1) is 29.6 Å². The van der Waals surface area contributed by atoms with Crippen LogP contribution in [0.2, 0.25) is 0 Å². The van der Waals surface area contributed by atoms with Gasteiger partial charge in [-0.1, -0.05) is 96.5 Å². The summed E-state index contributed by atoms with van der Waals surface area (Å²) >= 11 is 0. The van der Waals surface area contributed by atoms with Crippen LogP contribution in [-0.4, -0.2) is 29.1 Å². The number of aliphatic hydroxyl groups is 1. The van der Waals surface area contributed by atoms with Crippen molar-refractivity contribution >= 4 is 0 Å². The second kappa shape index (κ2) is 12.8. The smallest absolute Gasteiger partial charge is 0.0853 e. The highest BCUT2D eigenvalue weighted by molar-refractivity contribution is 4.95. The lowest BCUT2D eigenvalue weighted by Gasteiger charge is -2.46. The lowest BCUT2D eigenvalue weighted by molar-refractivity contribution is 0.0379. The van der Waals surface area contributed by atoms with Gasteiger partial charge in [-0.3, -0.25) is 0 Å². The average molecular weight is 444 g/mol. The lowest BCUT2D eigenvalue weighted by atomic mass is 9.69. The molecule has 0 unspecified atom stereocenters. The highest BCUT2D eigenvalue weighted by Gasteiger charge is 2.39. The Morgan fingerprint density at radius 1 is 0.656 bits per heavy atom. The number of aliphatic hydroxyl groups excluding tert-OH is 1. The Morgan fingerprint density at radius 2 is 1.19 bits per heavy atom. The monoisotopic (exact) mass is 443 g/mol. The van der Waals surface area contributed by atoms with Gasteiger partial charge in [0.2, 0.25) is 0 Å². The molecule has 0 aromatic heterocycles. The molecule has 0 aromatic rings. The van der Waals surface area contributed by atoms with Gasteiger partial charge in [0.25, 0.3) is 0 Å². The fourth-order valence-corrected chi connectivity index (χ4v) is 8.24. The Kier molecular flexibility index (Phi) is 9.86. The molecule has 0 aromatic carbocycles. The summed E-state index contributed by atoms with van der Waals surface area (Å²) in [6.45, 7) is 6.56. The first-order valence-corrected chi connectivity index (χ1v) is 14.8. The maximum absolute atomic E-state index is 9.88. The zero-order chi connectivity index (χ0) is 22.2. The molecule has 4 rings (SSSR count). The molecule has 0 saturated heterocycles. The molecular formula is C30H53NO. The van der Waals surface area contributed by atoms with Crippen molar-refractivity contribution in [2.24, 2.45) is 29.6 Å². The van der Waals surface area contributed by atoms with Gasteiger partial charge in [0.15, 0.2) is 0 Å². The van der Waals surface area contributed by atoms with Gasteiger partial charge in [-0.15, -0.1) is 0 Å². The fourth-order valence-electron chi connectivity index (χ4n) is 8.24. The first-order chi connectivity index (χ1) is 15.7. The standard InChI is InChI=1S/C30H53NO/c1-24(32)22-27-16-17-30(29(23-27)28-14-8-9-15-28)31(20-18-25-10-4-2-5-11-25)21-19-26-12-6-3-7-13-26/h25-30,32H,1-23H2/t27-,29-,30+/m0/s1. The van der Waals surface area contributed by atoms with E-state index in [1.54, 1.807) is 0 Å². The number of nitrogens with zero attached hydrogens (tertiary/aromatic N) is 1. The summed E-state index contributed by atoms with van der Waals surface area (Å²) < 4.78 is 0. The summed E-state index contributed by atoms with van der Waals surface area (Å²) in [6.07, 6.45) is 28.5. The van der Waals surface area contributed by atoms with E-state index in [1.807, 2.05) is 0 Å². The summed E-state index contributed by atoms with van der Waals surface area (Å²) in [7, 11) is 0. The molecule has 4 saturated carbocycles. The second-order valence-corrected chi connectivity index (χ2v) is 12.3. The number of hydrogen-bond donors (Lipinski definition) is 1. The maximum atomic E-state index is 9.88. The van der Waals surface area contributed by atoms with Crippen molar-refractivity contribution in [3.05, 3.63) is 12.3 Å². The van der Waals surface area contributed by atoms with Crippen LogP contribution in [0.5, 0.6) is 0 Å². The summed E-state index contributed by atoms with van der Waals surface area (Å²) in [6, 6.07) is 0.813. The van der Waals surface area contributed by atoms with Crippen LogP contribution in [0.15, 0.2) is 12.3 Å². The highest BCUT2D eigenvalue weighted by Crippen LogP contribution is 2.45. The van der Waals surface area contributed by atoms with Gasteiger partial charge in [-0.25, -0.2) is 0 Å². The molecule has 4 aliphatic rings. The minimum Gasteiger partial charge on any atom is -0.513 e. The predicted molar refractivity (Wildman–Crippen MR) is 137 cm³/mol. The highest BCUT2D eigenvalue weighted by atomic mass is 16.3. The summed E-state index contributed by atoms with van der Waals surface area (Å²) in [5.74, 6) is 4.91. The van der Waals surface area contributed by atoms with E-state index in [0.29, 0.717) is 11.7 Å². The zero-order valence-electron chi connectivity index (χ0n) is 21.1. The topological polar surface area (TPSA) is 23.5 Å². The Labute approximate surface area is 199 Å². The van der Waals surface area contributed by atoms with Gasteiger partial charge in [-0.05, 0) is 74.8 Å². The minimum atomic E-state index is 0.421. The molecule has 0 heterocycles. The van der Waals surface area contributed by atoms with Crippen molar-refractivity contribution in [1.29, 1.82) is 0 Å². The van der Waals surface area contributed by atoms with Crippen molar-refractivity contribution in [3.8, 4) is 0 Å². The van der Waals surface area contributed by atoms with Gasteiger partial charge in [0.1, 0.15) is 0 Å². The molecular weight excluding hydrogens is 390 g/mol. The predicted octanol–water partition coefficient (Wildman–Crippen LogP) is 8.67. The van der Waals surface area contributed by atoms with Crippen LogP contribution in [0.4, 0.5) is 0 Å². The van der Waals surface area contributed by atoms with Gasteiger partial charge in [0, 0.05) is 12.5 Å². The Hall–Kier alpha value is -0.500. The van der Waals surface area contributed by atoms with E-state index < -0.39 is 0 Å². The molecule has 3 atom stereocenters. The molecule has 2 heteroatoms. The molecule has 32 heavy (non-hydrogen) atoms. The number of allylic oxidation sites excluding steroid dienone is 1. The SMILES string of the molecule is C=C(O)C[C@@H]1CC[C@@H](N(CCC2CCCCC2)CCC2CCCCC2)[C@H](C2CCCC2)C1. The van der Waals surface area contributed by atoms with E-state index in [1.165, 1.54) is 135 Å². The third kappa shape index (κ3) is 7.25. The summed E-state index contributed by atoms with van der Waals surface area (Å²) in [4.78, 5) is 3.04. The third-order valence-corrected chi connectivity index (χ3v) is 10.1. The van der Waals surface area contributed by atoms with Crippen LogP contribution in [0.25, 0.3) is 0 Å². The summed E-state index contributed by atoms with van der Waals surface area (Å²) in [5.41, 5.74) is 0. The molecule has 4 fully saturated rings. The zero-order valence-corrected chi connectivity index (χ0v) is 21.1. The van der Waals surface area contributed by atoms with Crippen molar-refractivity contribution < 1.29 is 5.11 Å². The minimum absolute atomic E-state index is 0.421. The van der Waals surface area contributed by atoms with Crippen LogP contribution >= 0.6 is 0 Å². The normalized spacial score (nSPS) is 31.3. The van der Waals surface area contributed by atoms with Crippen LogP contribution < -0.4 is 0 Å². The van der Waals surface area contributed by atoms with Crippen molar-refractivity contribution in [2.75, 3.05) is 13.1 Å². The van der Waals surface area contributed by atoms with Crippen LogP contribution in [0.1, 0.15) is 128 Å². The van der Waals surface area contributed by atoms with Gasteiger partial charge in [0.05, 0.1) is 5.76 Å². The maximum Gasteiger partial charge on any atom is 0.0853 e. The van der Waals surface area contributed by atoms with Crippen LogP contribution in [0.3, 0.4) is 0 Å². The Bertz CT molecular complexity index is 519. The van der Waals surface area contributed by atoms with Gasteiger partial charge < -0.3 is 10.0 Å². The molecule has 1 N–H and O–H groups in total. The fraction of sp³-hybridized carbons (Fsp3) is 0.933. The molecule has 0 bridgehead atoms. The number of rotatable bonds is 10. The van der Waals surface area contributed by atoms with Crippen LogP contribution in [-0.2, 0) is 0 Å². The number of hydrogen-bond acceptors (Lipinski definition) is 2. The van der Waals surface area contributed by atoms with Gasteiger partial charge >= 0.3 is 0 Å². The lowest BCUT2D eigenvalue weighted by Crippen LogP contribution is -2.47.